The van der Waals surface area contributed by atoms with Crippen molar-refractivity contribution in [1.29, 1.82) is 0 Å². The van der Waals surface area contributed by atoms with Crippen LogP contribution in [0.15, 0.2) is 36.5 Å². The quantitative estimate of drug-likeness (QED) is 0.244. The molecule has 10 rings (SSSR count). The Kier molecular flexibility index (Phi) is 9.99. The van der Waals surface area contributed by atoms with Crippen LogP contribution in [0.5, 0.6) is 11.8 Å². The Bertz CT molecular complexity index is 2170. The molecule has 4 fully saturated rings. The molecule has 298 valence electrons. The minimum atomic E-state index is -1.83. The Hall–Kier alpha value is -4.18. The number of hydrogen-bond donors (Lipinski definition) is 1. The SMILES string of the molecule is CC1CN(S(=O)Oc2cc3c4c(cccc4c2)CCCOC(=O)NC2(C)CCCN(C2)c2nc(OCC45CCCN4CCC5)nc4c(F)c-3ncc24)CC(C)O1. The van der Waals surface area contributed by atoms with Crippen LogP contribution in [0, 0.1) is 5.82 Å². The maximum absolute atomic E-state index is 17.6. The van der Waals surface area contributed by atoms with Crippen LogP contribution in [0.3, 0.4) is 0 Å². The average Bonchev–Trinajstić information content (AvgIpc) is 3.75. The van der Waals surface area contributed by atoms with E-state index in [9.17, 15) is 9.00 Å². The number of fused-ring (bicyclic) bond motifs is 7. The monoisotopic (exact) mass is 787 g/mol. The van der Waals surface area contributed by atoms with Crippen LogP contribution < -0.4 is 19.1 Å². The zero-order valence-corrected chi connectivity index (χ0v) is 33.2. The van der Waals surface area contributed by atoms with E-state index in [0.29, 0.717) is 68.1 Å². The number of ether oxygens (including phenoxy) is 3. The average molecular weight is 788 g/mol. The summed E-state index contributed by atoms with van der Waals surface area (Å²) in [6.45, 7) is 10.6. The number of aromatic nitrogens is 3. The lowest BCUT2D eigenvalue weighted by Gasteiger charge is -2.41. The van der Waals surface area contributed by atoms with Crippen LogP contribution in [0.4, 0.5) is 15.0 Å². The lowest BCUT2D eigenvalue weighted by atomic mass is 9.91. The first-order valence-corrected chi connectivity index (χ1v) is 21.1. The summed E-state index contributed by atoms with van der Waals surface area (Å²) in [6, 6.07) is 9.51. The van der Waals surface area contributed by atoms with Crippen molar-refractivity contribution in [2.24, 2.45) is 0 Å². The zero-order valence-electron chi connectivity index (χ0n) is 32.4. The molecule has 6 aliphatic rings. The molecule has 6 bridgehead atoms. The van der Waals surface area contributed by atoms with Crippen LogP contribution in [-0.2, 0) is 27.2 Å². The number of amides is 1. The Morgan fingerprint density at radius 1 is 1.04 bits per heavy atom. The van der Waals surface area contributed by atoms with Crippen molar-refractivity contribution >= 4 is 44.9 Å². The van der Waals surface area contributed by atoms with Gasteiger partial charge in [0.05, 0.1) is 35.3 Å². The molecule has 1 amide bonds. The first-order valence-electron chi connectivity index (χ1n) is 20.1. The largest absolute Gasteiger partial charge is 0.461 e. The van der Waals surface area contributed by atoms with Gasteiger partial charge in [-0.05, 0) is 114 Å². The highest BCUT2D eigenvalue weighted by Crippen LogP contribution is 2.42. The number of carbonyl (C=O) groups is 1. The normalized spacial score (nSPS) is 26.2. The van der Waals surface area contributed by atoms with E-state index in [-0.39, 0.29) is 41.6 Å². The van der Waals surface area contributed by atoms with Crippen molar-refractivity contribution in [2.75, 3.05) is 57.4 Å². The molecular formula is C41H50FN7O6S. The van der Waals surface area contributed by atoms with E-state index in [1.807, 2.05) is 45.0 Å². The van der Waals surface area contributed by atoms with Crippen LogP contribution in [-0.4, -0.2) is 110 Å². The van der Waals surface area contributed by atoms with Gasteiger partial charge in [0.25, 0.3) is 11.3 Å². The Labute approximate surface area is 329 Å². The topological polar surface area (TPSA) is 131 Å². The van der Waals surface area contributed by atoms with Gasteiger partial charge in [0.15, 0.2) is 5.82 Å². The van der Waals surface area contributed by atoms with E-state index in [1.165, 1.54) is 0 Å². The molecular weight excluding hydrogens is 738 g/mol. The summed E-state index contributed by atoms with van der Waals surface area (Å²) in [5.41, 5.74) is 0.921. The standard InChI is InChI=1S/C41H50FN7O6S/c1-26-22-49(23-27(2)54-26)56(51)55-30-19-29-10-4-9-28-11-5-18-52-39(50)46-40(3)12-6-15-47(24-40)37-32-21-43-35(31(20-30)33(28)29)34(42)36(32)44-38(45-37)53-25-41-13-7-16-48(41)17-8-14-41/h4,9-10,19-21,26-27H,5-8,11-18,22-25H2,1-3H3,(H,46,50). The summed E-state index contributed by atoms with van der Waals surface area (Å²) in [5, 5.41) is 5.11. The fourth-order valence-corrected chi connectivity index (χ4v) is 10.7. The molecule has 0 aliphatic carbocycles. The molecule has 0 spiro atoms. The molecule has 1 N–H and O–H groups in total. The summed E-state index contributed by atoms with van der Waals surface area (Å²) in [5.74, 6) is 0.218. The predicted octanol–water partition coefficient (Wildman–Crippen LogP) is 6.09. The molecule has 4 aromatic rings. The third kappa shape index (κ3) is 7.16. The van der Waals surface area contributed by atoms with Gasteiger partial charge in [0.2, 0.25) is 0 Å². The summed E-state index contributed by atoms with van der Waals surface area (Å²) >= 11 is -1.83. The van der Waals surface area contributed by atoms with Crippen LogP contribution in [0.2, 0.25) is 0 Å². The van der Waals surface area contributed by atoms with Gasteiger partial charge in [-0.25, -0.2) is 9.18 Å². The third-order valence-electron chi connectivity index (χ3n) is 12.2. The van der Waals surface area contributed by atoms with Crippen molar-refractivity contribution in [2.45, 2.75) is 95.4 Å². The highest BCUT2D eigenvalue weighted by molar-refractivity contribution is 7.78. The van der Waals surface area contributed by atoms with Gasteiger partial charge in [-0.3, -0.25) is 9.88 Å². The molecule has 15 heteroatoms. The highest BCUT2D eigenvalue weighted by Gasteiger charge is 2.45. The number of carbonyl (C=O) groups excluding carboxylic acids is 1. The zero-order chi connectivity index (χ0) is 38.6. The van der Waals surface area contributed by atoms with Crippen molar-refractivity contribution in [3.63, 3.8) is 0 Å². The van der Waals surface area contributed by atoms with Gasteiger partial charge in [-0.1, -0.05) is 18.2 Å². The fraction of sp³-hybridized carbons (Fsp3) is 0.561. The first kappa shape index (κ1) is 37.4. The number of anilines is 1. The molecule has 0 radical (unpaired) electrons. The van der Waals surface area contributed by atoms with E-state index < -0.39 is 28.7 Å². The summed E-state index contributed by atoms with van der Waals surface area (Å²) in [7, 11) is 0. The van der Waals surface area contributed by atoms with Crippen LogP contribution in [0.25, 0.3) is 32.9 Å². The minimum absolute atomic E-state index is 0.0617. The highest BCUT2D eigenvalue weighted by atomic mass is 32.2. The second-order valence-electron chi connectivity index (χ2n) is 16.6. The number of morpholine rings is 1. The first-order chi connectivity index (χ1) is 27.1. The molecule has 56 heavy (non-hydrogen) atoms. The fourth-order valence-electron chi connectivity index (χ4n) is 9.72. The summed E-state index contributed by atoms with van der Waals surface area (Å²) < 4.78 is 57.1. The van der Waals surface area contributed by atoms with Gasteiger partial charge in [0.1, 0.15) is 29.4 Å². The molecule has 8 heterocycles. The number of hydrogen-bond acceptors (Lipinski definition) is 11. The smallest absolute Gasteiger partial charge is 0.407 e. The lowest BCUT2D eigenvalue weighted by Crippen LogP contribution is -2.57. The van der Waals surface area contributed by atoms with Gasteiger partial charge >= 0.3 is 12.1 Å². The predicted molar refractivity (Wildman–Crippen MR) is 212 cm³/mol. The molecule has 13 nitrogen and oxygen atoms in total. The number of alkyl carbamates (subject to hydrolysis) is 1. The van der Waals surface area contributed by atoms with Gasteiger partial charge in [-0.2, -0.15) is 18.5 Å². The van der Waals surface area contributed by atoms with Crippen LogP contribution >= 0.6 is 0 Å². The van der Waals surface area contributed by atoms with Crippen molar-refractivity contribution < 1.29 is 31.8 Å². The second-order valence-corrected chi connectivity index (χ2v) is 17.7. The van der Waals surface area contributed by atoms with E-state index >= 15 is 4.39 Å². The minimum Gasteiger partial charge on any atom is -0.461 e. The molecule has 2 aromatic heterocycles. The molecule has 6 aliphatic heterocycles. The maximum Gasteiger partial charge on any atom is 0.407 e. The number of nitrogens with zero attached hydrogens (tertiary/aromatic N) is 6. The number of aryl methyl sites for hydroxylation is 1. The van der Waals surface area contributed by atoms with E-state index in [4.69, 9.17) is 33.3 Å². The van der Waals surface area contributed by atoms with Gasteiger partial charge in [-0.15, -0.1) is 0 Å². The Balaban J connectivity index is 1.18. The number of halogens is 1. The van der Waals surface area contributed by atoms with Crippen molar-refractivity contribution in [1.82, 2.24) is 29.5 Å². The molecule has 4 atom stereocenters. The van der Waals surface area contributed by atoms with Gasteiger partial charge in [0, 0.05) is 37.9 Å². The number of nitrogens with one attached hydrogen (secondary N) is 1. The molecule has 4 unspecified atom stereocenters. The van der Waals surface area contributed by atoms with Crippen molar-refractivity contribution in [3.05, 3.63) is 47.9 Å². The number of rotatable bonds is 6. The van der Waals surface area contributed by atoms with Crippen LogP contribution in [0.1, 0.15) is 71.3 Å². The molecule has 0 saturated carbocycles. The lowest BCUT2D eigenvalue weighted by molar-refractivity contribution is -0.0441. The second kappa shape index (κ2) is 15.0. The maximum atomic E-state index is 17.6. The van der Waals surface area contributed by atoms with Gasteiger partial charge < -0.3 is 28.6 Å². The van der Waals surface area contributed by atoms with E-state index in [1.54, 1.807) is 16.6 Å². The number of piperidine rings is 1. The third-order valence-corrected chi connectivity index (χ3v) is 13.3. The molecule has 2 aromatic carbocycles. The Morgan fingerprint density at radius 3 is 2.62 bits per heavy atom. The van der Waals surface area contributed by atoms with E-state index in [0.717, 1.165) is 68.0 Å². The summed E-state index contributed by atoms with van der Waals surface area (Å²) in [4.78, 5) is 32.3. The van der Waals surface area contributed by atoms with Crippen molar-refractivity contribution in [3.8, 4) is 23.0 Å². The molecule has 4 saturated heterocycles. The van der Waals surface area contributed by atoms with E-state index in [2.05, 4.69) is 15.1 Å². The number of pyridine rings is 1. The summed E-state index contributed by atoms with van der Waals surface area (Å²) in [6.07, 6.45) is 7.91. The Morgan fingerprint density at radius 2 is 1.82 bits per heavy atom. The number of benzene rings is 2.